The molecule has 1 rings (SSSR count). The van der Waals surface area contributed by atoms with E-state index in [-0.39, 0.29) is 0 Å². The van der Waals surface area contributed by atoms with Crippen LogP contribution < -0.4 is 0 Å². The fourth-order valence-corrected chi connectivity index (χ4v) is 4.06. The quantitative estimate of drug-likeness (QED) is 0.309. The predicted octanol–water partition coefficient (Wildman–Crippen LogP) is 5.95. The molecule has 0 aliphatic heterocycles. The molecule has 0 aliphatic rings. The van der Waals surface area contributed by atoms with Crippen molar-refractivity contribution in [2.75, 3.05) is 13.2 Å². The van der Waals surface area contributed by atoms with Crippen molar-refractivity contribution in [2.24, 2.45) is 4.76 Å². The SMILES string of the molecule is CCCOP(=O)(N=C(C)SCc1ccc(Cl)cc1)OCCC. The van der Waals surface area contributed by atoms with Crippen LogP contribution >= 0.6 is 31.1 Å². The maximum atomic E-state index is 12.5. The van der Waals surface area contributed by atoms with E-state index in [2.05, 4.69) is 4.76 Å². The third kappa shape index (κ3) is 7.80. The van der Waals surface area contributed by atoms with Gasteiger partial charge in [0, 0.05) is 10.8 Å². The van der Waals surface area contributed by atoms with Crippen LogP contribution in [0, 0.1) is 0 Å². The molecule has 4 nitrogen and oxygen atoms in total. The summed E-state index contributed by atoms with van der Waals surface area (Å²) < 4.78 is 27.4. The molecular formula is C15H23ClNO3PS. The molecule has 0 aliphatic carbocycles. The minimum Gasteiger partial charge on any atom is -0.291 e. The van der Waals surface area contributed by atoms with Crippen LogP contribution in [0.4, 0.5) is 0 Å². The Bertz CT molecular complexity index is 510. The minimum absolute atomic E-state index is 0.375. The Labute approximate surface area is 142 Å². The van der Waals surface area contributed by atoms with E-state index >= 15 is 0 Å². The van der Waals surface area contributed by atoms with E-state index in [1.165, 1.54) is 11.8 Å². The molecule has 0 fully saturated rings. The average molecular weight is 364 g/mol. The first-order valence-electron chi connectivity index (χ1n) is 7.32. The summed E-state index contributed by atoms with van der Waals surface area (Å²) in [5.41, 5.74) is 1.13. The second kappa shape index (κ2) is 10.5. The lowest BCUT2D eigenvalue weighted by molar-refractivity contribution is 0.205. The normalized spacial score (nSPS) is 12.6. The van der Waals surface area contributed by atoms with E-state index in [4.69, 9.17) is 20.6 Å². The van der Waals surface area contributed by atoms with Gasteiger partial charge in [-0.25, -0.2) is 4.57 Å². The van der Waals surface area contributed by atoms with Crippen molar-refractivity contribution in [3.63, 3.8) is 0 Å². The summed E-state index contributed by atoms with van der Waals surface area (Å²) in [4.78, 5) is 0. The first-order chi connectivity index (χ1) is 10.5. The molecule has 0 saturated carbocycles. The Morgan fingerprint density at radius 3 is 2.23 bits per heavy atom. The van der Waals surface area contributed by atoms with Crippen LogP contribution in [-0.2, 0) is 19.4 Å². The summed E-state index contributed by atoms with van der Waals surface area (Å²) >= 11 is 7.36. The van der Waals surface area contributed by atoms with Gasteiger partial charge in [0.05, 0.1) is 18.3 Å². The van der Waals surface area contributed by atoms with Gasteiger partial charge in [0.2, 0.25) is 0 Å². The van der Waals surface area contributed by atoms with Crippen molar-refractivity contribution in [1.82, 2.24) is 0 Å². The lowest BCUT2D eigenvalue weighted by Gasteiger charge is -2.14. The highest BCUT2D eigenvalue weighted by atomic mass is 35.5. The number of thioether (sulfide) groups is 1. The molecule has 0 N–H and O–H groups in total. The summed E-state index contributed by atoms with van der Waals surface area (Å²) in [6.07, 6.45) is 1.54. The van der Waals surface area contributed by atoms with Crippen molar-refractivity contribution in [2.45, 2.75) is 39.4 Å². The van der Waals surface area contributed by atoms with Crippen LogP contribution in [0.1, 0.15) is 39.2 Å². The topological polar surface area (TPSA) is 47.9 Å². The highest BCUT2D eigenvalue weighted by molar-refractivity contribution is 8.13. The van der Waals surface area contributed by atoms with Crippen LogP contribution in [-0.4, -0.2) is 18.3 Å². The van der Waals surface area contributed by atoms with Crippen LogP contribution in [0.15, 0.2) is 29.0 Å². The molecule has 0 amide bonds. The average Bonchev–Trinajstić information content (AvgIpc) is 2.50. The Balaban J connectivity index is 2.64. The van der Waals surface area contributed by atoms with Crippen LogP contribution in [0.3, 0.4) is 0 Å². The zero-order chi connectivity index (χ0) is 16.4. The van der Waals surface area contributed by atoms with Gasteiger partial charge in [0.1, 0.15) is 0 Å². The Morgan fingerprint density at radius 2 is 1.73 bits per heavy atom. The van der Waals surface area contributed by atoms with E-state index in [1.807, 2.05) is 45.0 Å². The molecule has 0 saturated heterocycles. The van der Waals surface area contributed by atoms with Gasteiger partial charge in [-0.05, 0) is 37.5 Å². The lowest BCUT2D eigenvalue weighted by atomic mass is 10.2. The third-order valence-corrected chi connectivity index (χ3v) is 5.48. The molecule has 0 radical (unpaired) electrons. The van der Waals surface area contributed by atoms with Gasteiger partial charge in [0.15, 0.2) is 0 Å². The minimum atomic E-state index is -3.39. The molecule has 0 aromatic heterocycles. The van der Waals surface area contributed by atoms with E-state index in [1.54, 1.807) is 0 Å². The molecule has 1 aromatic rings. The fraction of sp³-hybridized carbons (Fsp3) is 0.533. The van der Waals surface area contributed by atoms with Crippen molar-refractivity contribution >= 4 is 36.2 Å². The van der Waals surface area contributed by atoms with Crippen molar-refractivity contribution in [1.29, 1.82) is 0 Å². The Morgan fingerprint density at radius 1 is 1.18 bits per heavy atom. The number of rotatable bonds is 9. The van der Waals surface area contributed by atoms with Gasteiger partial charge in [-0.1, -0.05) is 37.6 Å². The van der Waals surface area contributed by atoms with E-state index in [0.29, 0.717) is 23.3 Å². The maximum Gasteiger partial charge on any atom is 0.454 e. The molecule has 0 heterocycles. The summed E-state index contributed by atoms with van der Waals surface area (Å²) in [7, 11) is -3.39. The van der Waals surface area contributed by atoms with Gasteiger partial charge < -0.3 is 0 Å². The van der Waals surface area contributed by atoms with Crippen LogP contribution in [0.5, 0.6) is 0 Å². The molecular weight excluding hydrogens is 341 g/mol. The number of halogens is 1. The summed E-state index contributed by atoms with van der Waals surface area (Å²) in [5, 5.41) is 1.40. The molecule has 0 atom stereocenters. The van der Waals surface area contributed by atoms with Gasteiger partial charge in [-0.3, -0.25) is 9.05 Å². The molecule has 7 heteroatoms. The van der Waals surface area contributed by atoms with Gasteiger partial charge >= 0.3 is 7.75 Å². The molecule has 124 valence electrons. The largest absolute Gasteiger partial charge is 0.454 e. The monoisotopic (exact) mass is 363 g/mol. The molecule has 1 aromatic carbocycles. The Kier molecular flexibility index (Phi) is 9.37. The van der Waals surface area contributed by atoms with Crippen molar-refractivity contribution < 1.29 is 13.6 Å². The second-order valence-electron chi connectivity index (χ2n) is 4.67. The molecule has 0 spiro atoms. The zero-order valence-electron chi connectivity index (χ0n) is 13.3. The smallest absolute Gasteiger partial charge is 0.291 e. The first-order valence-corrected chi connectivity index (χ1v) is 10.2. The van der Waals surface area contributed by atoms with E-state index in [9.17, 15) is 4.57 Å². The highest BCUT2D eigenvalue weighted by Crippen LogP contribution is 2.50. The first kappa shape index (κ1) is 19.7. The summed E-state index contributed by atoms with van der Waals surface area (Å²) in [6.45, 7) is 6.48. The zero-order valence-corrected chi connectivity index (χ0v) is 15.7. The van der Waals surface area contributed by atoms with Crippen LogP contribution in [0.2, 0.25) is 5.02 Å². The highest BCUT2D eigenvalue weighted by Gasteiger charge is 2.23. The van der Waals surface area contributed by atoms with Gasteiger partial charge in [-0.2, -0.15) is 4.76 Å². The van der Waals surface area contributed by atoms with Crippen LogP contribution in [0.25, 0.3) is 0 Å². The number of benzene rings is 1. The summed E-state index contributed by atoms with van der Waals surface area (Å²) in [5.74, 6) is 0.730. The van der Waals surface area contributed by atoms with Crippen molar-refractivity contribution in [3.8, 4) is 0 Å². The third-order valence-electron chi connectivity index (χ3n) is 2.54. The van der Waals surface area contributed by atoms with Gasteiger partial charge in [0.25, 0.3) is 0 Å². The maximum absolute atomic E-state index is 12.5. The van der Waals surface area contributed by atoms with E-state index < -0.39 is 7.75 Å². The molecule has 0 bridgehead atoms. The predicted molar refractivity (Wildman–Crippen MR) is 95.9 cm³/mol. The summed E-state index contributed by atoms with van der Waals surface area (Å²) in [6, 6.07) is 7.62. The fourth-order valence-electron chi connectivity index (χ4n) is 1.48. The lowest BCUT2D eigenvalue weighted by Crippen LogP contribution is -1.98. The number of hydrogen-bond acceptors (Lipinski definition) is 4. The van der Waals surface area contributed by atoms with E-state index in [0.717, 1.165) is 24.2 Å². The molecule has 22 heavy (non-hydrogen) atoms. The number of nitrogens with zero attached hydrogens (tertiary/aromatic N) is 1. The Hall–Kier alpha value is -0.320. The van der Waals surface area contributed by atoms with Gasteiger partial charge in [-0.15, -0.1) is 11.8 Å². The number of hydrogen-bond donors (Lipinski definition) is 0. The second-order valence-corrected chi connectivity index (χ2v) is 7.93. The van der Waals surface area contributed by atoms with Crippen molar-refractivity contribution in [3.05, 3.63) is 34.9 Å². The standard InChI is InChI=1S/C15H23ClNO3PS/c1-4-10-19-21(18,20-11-5-2)17-13(3)22-12-14-6-8-15(16)9-7-14/h6-9H,4-5,10-12H2,1-3H3. The molecule has 0 unspecified atom stereocenters.